The molecule has 1 saturated carbocycles. The van der Waals surface area contributed by atoms with E-state index in [4.69, 9.17) is 4.74 Å². The van der Waals surface area contributed by atoms with E-state index in [0.717, 1.165) is 25.7 Å². The van der Waals surface area contributed by atoms with Gasteiger partial charge in [-0.05, 0) is 25.7 Å². The second-order valence-electron chi connectivity index (χ2n) is 4.74. The zero-order valence-electron chi connectivity index (χ0n) is 11.1. The molecule has 0 aromatic carbocycles. The first-order valence-electron chi connectivity index (χ1n) is 6.41. The van der Waals surface area contributed by atoms with Crippen LogP contribution in [0.15, 0.2) is 12.4 Å². The normalized spacial score (nSPS) is 22.1. The molecule has 0 bridgehead atoms. The summed E-state index contributed by atoms with van der Waals surface area (Å²) in [4.78, 5) is 29.2. The highest BCUT2D eigenvalue weighted by molar-refractivity contribution is 5.72. The molecule has 0 unspecified atom stereocenters. The Morgan fingerprint density at radius 1 is 1.35 bits per heavy atom. The largest absolute Gasteiger partial charge is 0.469 e. The van der Waals surface area contributed by atoms with E-state index in [9.17, 15) is 14.9 Å². The number of anilines is 1. The van der Waals surface area contributed by atoms with Crippen LogP contribution in [0.4, 0.5) is 11.6 Å². The summed E-state index contributed by atoms with van der Waals surface area (Å²) in [5.74, 6) is 0.183. The fraction of sp³-hybridized carbons (Fsp3) is 0.583. The van der Waals surface area contributed by atoms with Crippen molar-refractivity contribution in [3.63, 3.8) is 0 Å². The Bertz CT molecular complexity index is 483. The average Bonchev–Trinajstić information content (AvgIpc) is 2.48. The van der Waals surface area contributed by atoms with Crippen LogP contribution in [0.3, 0.4) is 0 Å². The van der Waals surface area contributed by atoms with E-state index in [1.54, 1.807) is 0 Å². The van der Waals surface area contributed by atoms with Gasteiger partial charge in [0, 0.05) is 6.04 Å². The molecule has 8 heteroatoms. The molecule has 1 fully saturated rings. The van der Waals surface area contributed by atoms with Gasteiger partial charge in [-0.15, -0.1) is 0 Å². The summed E-state index contributed by atoms with van der Waals surface area (Å²) in [5, 5.41) is 13.6. The van der Waals surface area contributed by atoms with Crippen molar-refractivity contribution >= 4 is 17.6 Å². The van der Waals surface area contributed by atoms with Gasteiger partial charge >= 0.3 is 11.7 Å². The number of carbonyl (C=O) groups excluding carboxylic acids is 1. The molecule has 20 heavy (non-hydrogen) atoms. The number of nitrogens with one attached hydrogen (secondary N) is 1. The van der Waals surface area contributed by atoms with Crippen molar-refractivity contribution in [2.24, 2.45) is 5.92 Å². The number of hydrogen-bond donors (Lipinski definition) is 1. The van der Waals surface area contributed by atoms with Crippen molar-refractivity contribution in [2.45, 2.75) is 31.7 Å². The van der Waals surface area contributed by atoms with Crippen molar-refractivity contribution in [1.29, 1.82) is 0 Å². The summed E-state index contributed by atoms with van der Waals surface area (Å²) < 4.78 is 4.73. The lowest BCUT2D eigenvalue weighted by Crippen LogP contribution is -2.30. The third kappa shape index (κ3) is 3.40. The Morgan fingerprint density at radius 2 is 1.95 bits per heavy atom. The molecule has 1 aromatic heterocycles. The summed E-state index contributed by atoms with van der Waals surface area (Å²) in [6.07, 6.45) is 5.51. The van der Waals surface area contributed by atoms with Crippen molar-refractivity contribution in [2.75, 3.05) is 12.4 Å². The number of ether oxygens (including phenoxy) is 1. The molecule has 0 saturated heterocycles. The standard InChI is InChI=1S/C12H16N4O4/c1-20-11(17)8-2-4-9(5-3-8)15-12-13-6-10(7-14-12)16(18)19/h6-9H,2-5H2,1H3,(H,13,14,15). The van der Waals surface area contributed by atoms with E-state index in [1.807, 2.05) is 0 Å². The smallest absolute Gasteiger partial charge is 0.308 e. The van der Waals surface area contributed by atoms with Gasteiger partial charge in [0.25, 0.3) is 0 Å². The molecule has 1 aliphatic carbocycles. The van der Waals surface area contributed by atoms with E-state index in [-0.39, 0.29) is 23.6 Å². The van der Waals surface area contributed by atoms with Gasteiger partial charge in [-0.3, -0.25) is 14.9 Å². The Labute approximate surface area is 115 Å². The number of methoxy groups -OCH3 is 1. The molecule has 1 aliphatic rings. The van der Waals surface area contributed by atoms with Crippen LogP contribution in [-0.2, 0) is 9.53 Å². The molecule has 0 atom stereocenters. The van der Waals surface area contributed by atoms with Crippen molar-refractivity contribution in [1.82, 2.24) is 9.97 Å². The van der Waals surface area contributed by atoms with Gasteiger partial charge < -0.3 is 10.1 Å². The number of aromatic nitrogens is 2. The van der Waals surface area contributed by atoms with Gasteiger partial charge in [0.2, 0.25) is 5.95 Å². The summed E-state index contributed by atoms with van der Waals surface area (Å²) in [5.41, 5.74) is -0.134. The van der Waals surface area contributed by atoms with Crippen molar-refractivity contribution in [3.05, 3.63) is 22.5 Å². The van der Waals surface area contributed by atoms with Gasteiger partial charge in [-0.2, -0.15) is 0 Å². The fourth-order valence-corrected chi connectivity index (χ4v) is 2.31. The minimum absolute atomic E-state index is 0.0316. The topological polar surface area (TPSA) is 107 Å². The van der Waals surface area contributed by atoms with Crippen LogP contribution in [0.1, 0.15) is 25.7 Å². The fourth-order valence-electron chi connectivity index (χ4n) is 2.31. The first-order valence-corrected chi connectivity index (χ1v) is 6.41. The van der Waals surface area contributed by atoms with E-state index < -0.39 is 4.92 Å². The monoisotopic (exact) mass is 280 g/mol. The van der Waals surface area contributed by atoms with Crippen LogP contribution >= 0.6 is 0 Å². The molecular formula is C12H16N4O4. The van der Waals surface area contributed by atoms with Gasteiger partial charge in [-0.25, -0.2) is 9.97 Å². The first kappa shape index (κ1) is 14.2. The number of nitrogens with zero attached hydrogens (tertiary/aromatic N) is 3. The average molecular weight is 280 g/mol. The van der Waals surface area contributed by atoms with E-state index in [2.05, 4.69) is 15.3 Å². The Balaban J connectivity index is 1.86. The molecule has 2 rings (SSSR count). The minimum atomic E-state index is -0.536. The molecule has 0 spiro atoms. The molecule has 0 aliphatic heterocycles. The summed E-state index contributed by atoms with van der Waals surface area (Å²) >= 11 is 0. The van der Waals surface area contributed by atoms with Gasteiger partial charge in [-0.1, -0.05) is 0 Å². The van der Waals surface area contributed by atoms with Crippen LogP contribution in [0.25, 0.3) is 0 Å². The second kappa shape index (κ2) is 6.27. The van der Waals surface area contributed by atoms with Crippen molar-refractivity contribution in [3.8, 4) is 0 Å². The highest BCUT2D eigenvalue weighted by atomic mass is 16.6. The molecular weight excluding hydrogens is 264 g/mol. The van der Waals surface area contributed by atoms with Crippen LogP contribution in [0.2, 0.25) is 0 Å². The van der Waals surface area contributed by atoms with Crippen LogP contribution in [-0.4, -0.2) is 34.0 Å². The minimum Gasteiger partial charge on any atom is -0.469 e. The quantitative estimate of drug-likeness (QED) is 0.506. The number of carbonyl (C=O) groups is 1. The lowest BCUT2D eigenvalue weighted by Gasteiger charge is -2.27. The van der Waals surface area contributed by atoms with Crippen LogP contribution in [0, 0.1) is 16.0 Å². The van der Waals surface area contributed by atoms with Crippen LogP contribution in [0.5, 0.6) is 0 Å². The third-order valence-corrected chi connectivity index (χ3v) is 3.44. The Morgan fingerprint density at radius 3 is 2.45 bits per heavy atom. The molecule has 0 amide bonds. The van der Waals surface area contributed by atoms with Gasteiger partial charge in [0.05, 0.1) is 18.0 Å². The number of hydrogen-bond acceptors (Lipinski definition) is 7. The lowest BCUT2D eigenvalue weighted by molar-refractivity contribution is -0.385. The van der Waals surface area contributed by atoms with E-state index in [1.165, 1.54) is 19.5 Å². The number of esters is 1. The number of nitro groups is 1. The van der Waals surface area contributed by atoms with Gasteiger partial charge in [0.1, 0.15) is 12.4 Å². The third-order valence-electron chi connectivity index (χ3n) is 3.44. The summed E-state index contributed by atoms with van der Waals surface area (Å²) in [7, 11) is 1.40. The lowest BCUT2D eigenvalue weighted by atomic mass is 9.86. The highest BCUT2D eigenvalue weighted by Gasteiger charge is 2.27. The SMILES string of the molecule is COC(=O)C1CCC(Nc2ncc([N+](=O)[O-])cn2)CC1. The van der Waals surface area contributed by atoms with Crippen molar-refractivity contribution < 1.29 is 14.5 Å². The molecule has 1 heterocycles. The number of rotatable bonds is 4. The zero-order valence-corrected chi connectivity index (χ0v) is 11.1. The van der Waals surface area contributed by atoms with Gasteiger partial charge in [0.15, 0.2) is 0 Å². The second-order valence-corrected chi connectivity index (χ2v) is 4.74. The Hall–Kier alpha value is -2.25. The maximum atomic E-state index is 11.4. The predicted octanol–water partition coefficient (Wildman–Crippen LogP) is 1.53. The summed E-state index contributed by atoms with van der Waals surface area (Å²) in [6, 6.07) is 0.178. The maximum absolute atomic E-state index is 11.4. The molecule has 8 nitrogen and oxygen atoms in total. The Kier molecular flexibility index (Phi) is 4.44. The first-order chi connectivity index (χ1) is 9.60. The van der Waals surface area contributed by atoms with E-state index in [0.29, 0.717) is 5.95 Å². The molecule has 0 radical (unpaired) electrons. The predicted molar refractivity (Wildman–Crippen MR) is 70.1 cm³/mol. The molecule has 1 N–H and O–H groups in total. The summed E-state index contributed by atoms with van der Waals surface area (Å²) in [6.45, 7) is 0. The van der Waals surface area contributed by atoms with Crippen LogP contribution < -0.4 is 5.32 Å². The molecule has 108 valence electrons. The maximum Gasteiger partial charge on any atom is 0.308 e. The zero-order chi connectivity index (χ0) is 14.5. The molecule has 1 aromatic rings. The van der Waals surface area contributed by atoms with E-state index >= 15 is 0 Å². The highest BCUT2D eigenvalue weighted by Crippen LogP contribution is 2.26.